The Morgan fingerprint density at radius 2 is 1.83 bits per heavy atom. The van der Waals surface area contributed by atoms with E-state index >= 15 is 4.39 Å². The molecule has 1 aliphatic rings. The second kappa shape index (κ2) is 13.8. The van der Waals surface area contributed by atoms with Crippen LogP contribution in [0.25, 0.3) is 27.8 Å². The molecule has 3 N–H and O–H groups in total. The molecule has 0 atom stereocenters. The van der Waals surface area contributed by atoms with E-state index in [0.29, 0.717) is 34.2 Å². The summed E-state index contributed by atoms with van der Waals surface area (Å²) in [5.41, 5.74) is 1.51. The summed E-state index contributed by atoms with van der Waals surface area (Å²) >= 11 is 5.98. The average molecular weight is 672 g/mol. The Kier molecular flexibility index (Phi) is 9.79. The van der Waals surface area contributed by atoms with Gasteiger partial charge in [0.15, 0.2) is 16.2 Å². The summed E-state index contributed by atoms with van der Waals surface area (Å²) in [6, 6.07) is 7.66. The quantitative estimate of drug-likeness (QED) is 0.199. The van der Waals surface area contributed by atoms with Crippen molar-refractivity contribution in [1.82, 2.24) is 34.4 Å². The number of aromatic nitrogens is 6. The molecule has 0 aliphatic heterocycles. The molecule has 46 heavy (non-hydrogen) atoms. The molecule has 0 bridgehead atoms. The Morgan fingerprint density at radius 1 is 1.09 bits per heavy atom. The minimum absolute atomic E-state index is 0.107. The van der Waals surface area contributed by atoms with Gasteiger partial charge in [-0.05, 0) is 70.1 Å². The van der Waals surface area contributed by atoms with Crippen LogP contribution >= 0.6 is 11.6 Å². The minimum atomic E-state index is -4.19. The maximum atomic E-state index is 15.3. The number of nitrogens with one attached hydrogen (secondary N) is 2. The molecule has 242 valence electrons. The highest BCUT2D eigenvalue weighted by atomic mass is 35.5. The van der Waals surface area contributed by atoms with Crippen molar-refractivity contribution in [2.75, 3.05) is 31.2 Å². The number of methoxy groups -OCH3 is 1. The van der Waals surface area contributed by atoms with E-state index in [1.807, 2.05) is 0 Å². The van der Waals surface area contributed by atoms with Crippen LogP contribution in [0.15, 0.2) is 53.9 Å². The van der Waals surface area contributed by atoms with E-state index in [1.165, 1.54) is 43.9 Å². The highest BCUT2D eigenvalue weighted by molar-refractivity contribution is 7.92. The first-order valence-corrected chi connectivity index (χ1v) is 15.9. The molecule has 1 aliphatic carbocycles. The molecule has 6 rings (SSSR count). The molecule has 1 fully saturated rings. The van der Waals surface area contributed by atoms with Gasteiger partial charge in [0.05, 0.1) is 12.1 Å². The van der Waals surface area contributed by atoms with E-state index in [9.17, 15) is 8.42 Å². The van der Waals surface area contributed by atoms with Gasteiger partial charge in [0.25, 0.3) is 16.5 Å². The summed E-state index contributed by atoms with van der Waals surface area (Å²) in [7, 11) is 1.33. The number of nitrogens with zero attached hydrogens (tertiary/aromatic N) is 7. The van der Waals surface area contributed by atoms with Crippen molar-refractivity contribution in [2.45, 2.75) is 42.7 Å². The average Bonchev–Trinajstić information content (AvgIpc) is 3.53. The molecule has 0 radical (unpaired) electrons. The Morgan fingerprint density at radius 3 is 2.52 bits per heavy atom. The zero-order valence-electron chi connectivity index (χ0n) is 25.1. The van der Waals surface area contributed by atoms with Crippen molar-refractivity contribution in [3.8, 4) is 17.0 Å². The number of pyridine rings is 2. The zero-order chi connectivity index (χ0) is 33.0. The van der Waals surface area contributed by atoms with Crippen molar-refractivity contribution in [2.24, 2.45) is 0 Å². The minimum Gasteiger partial charge on any atom is -0.483 e. The largest absolute Gasteiger partial charge is 0.483 e. The van der Waals surface area contributed by atoms with Gasteiger partial charge in [-0.2, -0.15) is 4.98 Å². The summed E-state index contributed by atoms with van der Waals surface area (Å²) in [4.78, 5) is 23.6. The van der Waals surface area contributed by atoms with Crippen molar-refractivity contribution >= 4 is 56.4 Å². The van der Waals surface area contributed by atoms with Crippen LogP contribution in [0, 0.1) is 5.82 Å². The standard InChI is InChI=1S/C28H29ClFN9O3S.CH2O2/c1-38(2)20-7-4-18(5-8-20)34-28-32-13-16-10-22(26-36-33-15-39(26)25(16)35-28)21-12-19(6-9-23(21)30)37-43(40,41)24-11-17(29)14-31-27(24)42-3;2-1-3/h6,9-15,18,20,37H,4-5,7-8H2,1-3H3,(H,32,34,35);1H,(H,2,3). The maximum Gasteiger partial charge on any atom is 0.290 e. The van der Waals surface area contributed by atoms with Crippen LogP contribution in [0.2, 0.25) is 5.02 Å². The third kappa shape index (κ3) is 6.93. The Balaban J connectivity index is 0.00000134. The highest BCUT2D eigenvalue weighted by Crippen LogP contribution is 2.33. The lowest BCUT2D eigenvalue weighted by Gasteiger charge is -2.32. The Hall–Kier alpha value is -4.67. The molecular weight excluding hydrogens is 641 g/mol. The van der Waals surface area contributed by atoms with Crippen LogP contribution in [0.3, 0.4) is 0 Å². The van der Waals surface area contributed by atoms with E-state index < -0.39 is 15.8 Å². The lowest BCUT2D eigenvalue weighted by atomic mass is 9.91. The molecule has 1 saturated carbocycles. The summed E-state index contributed by atoms with van der Waals surface area (Å²) < 4.78 is 50.9. The third-order valence-corrected chi connectivity index (χ3v) is 9.23. The number of anilines is 2. The molecule has 0 spiro atoms. The second-order valence-corrected chi connectivity index (χ2v) is 12.8. The van der Waals surface area contributed by atoms with Gasteiger partial charge in [-0.15, -0.1) is 10.2 Å². The van der Waals surface area contributed by atoms with Crippen LogP contribution < -0.4 is 14.8 Å². The number of hydrogen-bond donors (Lipinski definition) is 3. The molecule has 0 amide bonds. The van der Waals surface area contributed by atoms with Crippen LogP contribution in [-0.4, -0.2) is 87.7 Å². The first-order chi connectivity index (χ1) is 22.0. The summed E-state index contributed by atoms with van der Waals surface area (Å²) in [6.07, 6.45) is 8.68. The normalized spacial score (nSPS) is 16.6. The number of halogens is 2. The number of benzene rings is 1. The van der Waals surface area contributed by atoms with Crippen molar-refractivity contribution < 1.29 is 27.4 Å². The monoisotopic (exact) mass is 671 g/mol. The highest BCUT2D eigenvalue weighted by Gasteiger charge is 2.25. The van der Waals surface area contributed by atoms with Gasteiger partial charge in [-0.3, -0.25) is 13.9 Å². The summed E-state index contributed by atoms with van der Waals surface area (Å²) in [6.45, 7) is -0.250. The Labute approximate surface area is 268 Å². The lowest BCUT2D eigenvalue weighted by Crippen LogP contribution is -2.36. The first kappa shape index (κ1) is 32.7. The predicted octanol–water partition coefficient (Wildman–Crippen LogP) is 4.32. The number of sulfonamides is 1. The summed E-state index contributed by atoms with van der Waals surface area (Å²) in [5, 5.41) is 19.4. The molecule has 0 saturated heterocycles. The number of carbonyl (C=O) groups is 1. The van der Waals surface area contributed by atoms with E-state index in [-0.39, 0.29) is 39.6 Å². The van der Waals surface area contributed by atoms with Gasteiger partial charge in [0, 0.05) is 46.7 Å². The van der Waals surface area contributed by atoms with Gasteiger partial charge in [0.1, 0.15) is 12.1 Å². The topological polar surface area (TPSA) is 177 Å². The van der Waals surface area contributed by atoms with Gasteiger partial charge < -0.3 is 20.1 Å². The first-order valence-electron chi connectivity index (χ1n) is 14.1. The van der Waals surface area contributed by atoms with E-state index in [2.05, 4.69) is 49.2 Å². The van der Waals surface area contributed by atoms with Gasteiger partial charge in [-0.1, -0.05) is 11.6 Å². The molecule has 17 heteroatoms. The smallest absolute Gasteiger partial charge is 0.290 e. The fourth-order valence-electron chi connectivity index (χ4n) is 5.42. The summed E-state index contributed by atoms with van der Waals surface area (Å²) in [5.74, 6) is -0.215. The van der Waals surface area contributed by atoms with Crippen LogP contribution in [-0.2, 0) is 14.8 Å². The molecule has 4 aromatic heterocycles. The third-order valence-electron chi connectivity index (χ3n) is 7.65. The molecule has 4 heterocycles. The van der Waals surface area contributed by atoms with E-state index in [0.717, 1.165) is 25.7 Å². The molecule has 1 aromatic carbocycles. The number of ether oxygens (including phenoxy) is 1. The van der Waals surface area contributed by atoms with Crippen molar-refractivity contribution in [3.05, 3.63) is 59.9 Å². The fourth-order valence-corrected chi connectivity index (χ4v) is 6.83. The maximum absolute atomic E-state index is 15.3. The SMILES string of the molecule is COc1ncc(Cl)cc1S(=O)(=O)Nc1ccc(F)c(-c2cc3cnc(NC4CCC(N(C)C)CC4)nc3n3cnnc23)c1.O=CO. The number of fused-ring (bicyclic) bond motifs is 3. The lowest BCUT2D eigenvalue weighted by molar-refractivity contribution is -0.122. The predicted molar refractivity (Wildman–Crippen MR) is 170 cm³/mol. The molecule has 14 nitrogen and oxygen atoms in total. The number of rotatable bonds is 8. The van der Waals surface area contributed by atoms with E-state index in [4.69, 9.17) is 31.2 Å². The zero-order valence-corrected chi connectivity index (χ0v) is 26.6. The molecule has 5 aromatic rings. The van der Waals surface area contributed by atoms with Crippen molar-refractivity contribution in [1.29, 1.82) is 0 Å². The fraction of sp³-hybridized carbons (Fsp3) is 0.310. The van der Waals surface area contributed by atoms with Crippen LogP contribution in [0.1, 0.15) is 25.7 Å². The van der Waals surface area contributed by atoms with Gasteiger partial charge in [-0.25, -0.2) is 22.8 Å². The van der Waals surface area contributed by atoms with Gasteiger partial charge >= 0.3 is 0 Å². The van der Waals surface area contributed by atoms with Crippen LogP contribution in [0.4, 0.5) is 16.0 Å². The Bertz CT molecular complexity index is 1990. The number of hydrogen-bond acceptors (Lipinski definition) is 11. The number of carboxylic acid groups (broad SMARTS) is 1. The molecular formula is C29H31ClFN9O5S. The van der Waals surface area contributed by atoms with Crippen LogP contribution in [0.5, 0.6) is 5.88 Å². The van der Waals surface area contributed by atoms with Gasteiger partial charge in [0.2, 0.25) is 11.8 Å². The second-order valence-electron chi connectivity index (χ2n) is 10.7. The van der Waals surface area contributed by atoms with Crippen molar-refractivity contribution in [3.63, 3.8) is 0 Å². The molecule has 0 unspecified atom stereocenters. The van der Waals surface area contributed by atoms with E-state index in [1.54, 1.807) is 16.7 Å².